The van der Waals surface area contributed by atoms with Crippen LogP contribution in [0.15, 0.2) is 42.5 Å². The number of fused-ring (bicyclic) bond motifs is 1. The zero-order chi connectivity index (χ0) is 16.9. The van der Waals surface area contributed by atoms with Gasteiger partial charge in [-0.15, -0.1) is 0 Å². The number of benzene rings is 2. The standard InChI is InChI=1S/C19H23NO4/c1-20(2)17(14-4-6-15(21-3)7-5-14)10-11-22-16-8-9-18-19(12-16)24-13-23-18/h4-9,12,17H,10-11,13H2,1-3H3. The van der Waals surface area contributed by atoms with E-state index in [1.807, 2.05) is 30.3 Å². The maximum atomic E-state index is 5.89. The molecule has 5 heteroatoms. The maximum absolute atomic E-state index is 5.89. The summed E-state index contributed by atoms with van der Waals surface area (Å²) in [6, 6.07) is 14.1. The average Bonchev–Trinajstić information content (AvgIpc) is 3.06. The van der Waals surface area contributed by atoms with Gasteiger partial charge in [-0.1, -0.05) is 12.1 Å². The number of rotatable bonds is 7. The molecule has 0 amide bonds. The lowest BCUT2D eigenvalue weighted by Crippen LogP contribution is -2.22. The molecule has 1 aliphatic rings. The van der Waals surface area contributed by atoms with Crippen molar-refractivity contribution in [3.8, 4) is 23.0 Å². The van der Waals surface area contributed by atoms with Crippen LogP contribution >= 0.6 is 0 Å². The third kappa shape index (κ3) is 3.74. The molecule has 3 rings (SSSR count). The van der Waals surface area contributed by atoms with E-state index in [0.717, 1.165) is 29.4 Å². The number of methoxy groups -OCH3 is 1. The summed E-state index contributed by atoms with van der Waals surface area (Å²) in [6.45, 7) is 0.896. The van der Waals surface area contributed by atoms with Crippen molar-refractivity contribution in [1.82, 2.24) is 4.90 Å². The molecule has 0 bridgehead atoms. The second-order valence-corrected chi connectivity index (χ2v) is 5.90. The van der Waals surface area contributed by atoms with E-state index in [0.29, 0.717) is 6.61 Å². The van der Waals surface area contributed by atoms with Crippen LogP contribution in [0.25, 0.3) is 0 Å². The Morgan fingerprint density at radius 1 is 1.00 bits per heavy atom. The van der Waals surface area contributed by atoms with Crippen molar-refractivity contribution in [1.29, 1.82) is 0 Å². The van der Waals surface area contributed by atoms with Crippen molar-refractivity contribution in [2.24, 2.45) is 0 Å². The van der Waals surface area contributed by atoms with Gasteiger partial charge in [0.15, 0.2) is 11.5 Å². The second kappa shape index (κ2) is 7.45. The van der Waals surface area contributed by atoms with Gasteiger partial charge in [0.2, 0.25) is 6.79 Å². The first kappa shape index (κ1) is 16.5. The average molecular weight is 329 g/mol. The van der Waals surface area contributed by atoms with E-state index in [1.165, 1.54) is 5.56 Å². The van der Waals surface area contributed by atoms with Crippen LogP contribution in [0.3, 0.4) is 0 Å². The molecule has 1 aliphatic heterocycles. The molecule has 0 N–H and O–H groups in total. The summed E-state index contributed by atoms with van der Waals surface area (Å²) in [6.07, 6.45) is 0.883. The van der Waals surface area contributed by atoms with Gasteiger partial charge in [-0.05, 0) is 43.9 Å². The van der Waals surface area contributed by atoms with Crippen LogP contribution in [-0.2, 0) is 0 Å². The summed E-state index contributed by atoms with van der Waals surface area (Å²) < 4.78 is 21.8. The molecule has 1 heterocycles. The lowest BCUT2D eigenvalue weighted by molar-refractivity contribution is 0.173. The van der Waals surface area contributed by atoms with Crippen molar-refractivity contribution in [2.75, 3.05) is 34.6 Å². The molecule has 1 atom stereocenters. The van der Waals surface area contributed by atoms with E-state index in [9.17, 15) is 0 Å². The zero-order valence-corrected chi connectivity index (χ0v) is 14.3. The first-order valence-corrected chi connectivity index (χ1v) is 8.00. The lowest BCUT2D eigenvalue weighted by Gasteiger charge is -2.25. The van der Waals surface area contributed by atoms with Gasteiger partial charge in [0, 0.05) is 18.5 Å². The van der Waals surface area contributed by atoms with Gasteiger partial charge in [0.05, 0.1) is 13.7 Å². The van der Waals surface area contributed by atoms with Crippen molar-refractivity contribution in [3.05, 3.63) is 48.0 Å². The Kier molecular flexibility index (Phi) is 5.11. The highest BCUT2D eigenvalue weighted by Crippen LogP contribution is 2.35. The Labute approximate surface area is 142 Å². The SMILES string of the molecule is COc1ccc(C(CCOc2ccc3c(c2)OCO3)N(C)C)cc1. The van der Waals surface area contributed by atoms with Crippen molar-refractivity contribution in [3.63, 3.8) is 0 Å². The van der Waals surface area contributed by atoms with Gasteiger partial charge in [-0.25, -0.2) is 0 Å². The van der Waals surface area contributed by atoms with E-state index in [1.54, 1.807) is 7.11 Å². The molecule has 0 fully saturated rings. The molecule has 0 radical (unpaired) electrons. The largest absolute Gasteiger partial charge is 0.497 e. The van der Waals surface area contributed by atoms with Crippen molar-refractivity contribution in [2.45, 2.75) is 12.5 Å². The van der Waals surface area contributed by atoms with Crippen LogP contribution in [0.1, 0.15) is 18.0 Å². The number of hydrogen-bond donors (Lipinski definition) is 0. The van der Waals surface area contributed by atoms with Crippen LogP contribution < -0.4 is 18.9 Å². The molecule has 128 valence electrons. The van der Waals surface area contributed by atoms with Crippen LogP contribution in [-0.4, -0.2) is 39.5 Å². The van der Waals surface area contributed by atoms with Gasteiger partial charge in [-0.2, -0.15) is 0 Å². The third-order valence-electron chi connectivity index (χ3n) is 4.13. The quantitative estimate of drug-likeness (QED) is 0.777. The molecule has 0 aromatic heterocycles. The number of nitrogens with zero attached hydrogens (tertiary/aromatic N) is 1. The van der Waals surface area contributed by atoms with E-state index in [-0.39, 0.29) is 12.8 Å². The summed E-state index contributed by atoms with van der Waals surface area (Å²) >= 11 is 0. The molecular weight excluding hydrogens is 306 g/mol. The Balaban J connectivity index is 1.60. The molecule has 2 aromatic rings. The maximum Gasteiger partial charge on any atom is 0.231 e. The lowest BCUT2D eigenvalue weighted by atomic mass is 10.0. The molecule has 0 saturated heterocycles. The third-order valence-corrected chi connectivity index (χ3v) is 4.13. The minimum atomic E-state index is 0.277. The minimum Gasteiger partial charge on any atom is -0.497 e. The minimum absolute atomic E-state index is 0.277. The summed E-state index contributed by atoms with van der Waals surface area (Å²) in [4.78, 5) is 2.20. The molecule has 0 aliphatic carbocycles. The molecule has 2 aromatic carbocycles. The fourth-order valence-electron chi connectivity index (χ4n) is 2.80. The van der Waals surface area contributed by atoms with Gasteiger partial charge >= 0.3 is 0 Å². The van der Waals surface area contributed by atoms with Crippen LogP contribution in [0.4, 0.5) is 0 Å². The van der Waals surface area contributed by atoms with Gasteiger partial charge in [0.1, 0.15) is 11.5 Å². The van der Waals surface area contributed by atoms with Gasteiger partial charge in [0.25, 0.3) is 0 Å². The summed E-state index contributed by atoms with van der Waals surface area (Å²) in [5, 5.41) is 0. The van der Waals surface area contributed by atoms with E-state index >= 15 is 0 Å². The van der Waals surface area contributed by atoms with Crippen LogP contribution in [0.2, 0.25) is 0 Å². The number of ether oxygens (including phenoxy) is 4. The van der Waals surface area contributed by atoms with Gasteiger partial charge < -0.3 is 23.8 Å². The Hall–Kier alpha value is -2.40. The summed E-state index contributed by atoms with van der Waals surface area (Å²) in [5.74, 6) is 3.18. The Morgan fingerprint density at radius 3 is 2.42 bits per heavy atom. The Morgan fingerprint density at radius 2 is 1.71 bits per heavy atom. The second-order valence-electron chi connectivity index (χ2n) is 5.90. The smallest absolute Gasteiger partial charge is 0.231 e. The predicted octanol–water partition coefficient (Wildman–Crippen LogP) is 3.50. The zero-order valence-electron chi connectivity index (χ0n) is 14.3. The van der Waals surface area contributed by atoms with E-state index in [4.69, 9.17) is 18.9 Å². The molecule has 1 unspecified atom stereocenters. The molecule has 0 saturated carbocycles. The molecular formula is C19H23NO4. The fraction of sp³-hybridized carbons (Fsp3) is 0.368. The normalized spacial score (nSPS) is 13.8. The predicted molar refractivity (Wildman–Crippen MR) is 92.1 cm³/mol. The van der Waals surface area contributed by atoms with Crippen molar-refractivity contribution >= 4 is 0 Å². The summed E-state index contributed by atoms with van der Waals surface area (Å²) in [7, 11) is 5.84. The monoisotopic (exact) mass is 329 g/mol. The highest BCUT2D eigenvalue weighted by Gasteiger charge is 2.16. The fourth-order valence-corrected chi connectivity index (χ4v) is 2.80. The van der Waals surface area contributed by atoms with E-state index in [2.05, 4.69) is 31.1 Å². The van der Waals surface area contributed by atoms with E-state index < -0.39 is 0 Å². The van der Waals surface area contributed by atoms with Gasteiger partial charge in [-0.3, -0.25) is 0 Å². The van der Waals surface area contributed by atoms with Crippen molar-refractivity contribution < 1.29 is 18.9 Å². The highest BCUT2D eigenvalue weighted by molar-refractivity contribution is 5.46. The molecule has 0 spiro atoms. The topological polar surface area (TPSA) is 40.2 Å². The van der Waals surface area contributed by atoms with Crippen LogP contribution in [0.5, 0.6) is 23.0 Å². The number of hydrogen-bond acceptors (Lipinski definition) is 5. The molecule has 5 nitrogen and oxygen atoms in total. The Bertz CT molecular complexity index is 670. The summed E-state index contributed by atoms with van der Waals surface area (Å²) in [5.41, 5.74) is 1.25. The van der Waals surface area contributed by atoms with Crippen LogP contribution in [0, 0.1) is 0 Å². The highest BCUT2D eigenvalue weighted by atomic mass is 16.7. The first-order chi connectivity index (χ1) is 11.7. The molecule has 24 heavy (non-hydrogen) atoms. The first-order valence-electron chi connectivity index (χ1n) is 8.00.